The van der Waals surface area contributed by atoms with Gasteiger partial charge >= 0.3 is 0 Å². The van der Waals surface area contributed by atoms with Crippen LogP contribution in [-0.2, 0) is 4.74 Å². The van der Waals surface area contributed by atoms with Gasteiger partial charge in [0.25, 0.3) is 0 Å². The lowest BCUT2D eigenvalue weighted by Crippen LogP contribution is -2.32. The number of nitrogens with one attached hydrogen (secondary N) is 1. The summed E-state index contributed by atoms with van der Waals surface area (Å²) in [4.78, 5) is 6.57. The number of nitrogens with zero attached hydrogens (tertiary/aromatic N) is 1. The van der Waals surface area contributed by atoms with E-state index < -0.39 is 42.7 Å². The average molecular weight is 286 g/mol. The van der Waals surface area contributed by atoms with Crippen LogP contribution in [0.25, 0.3) is 11.0 Å². The van der Waals surface area contributed by atoms with Crippen LogP contribution in [0, 0.1) is 11.6 Å². The molecular formula is C12H12F2N2O4. The van der Waals surface area contributed by atoms with E-state index in [1.165, 1.54) is 6.07 Å². The van der Waals surface area contributed by atoms with Gasteiger partial charge in [-0.05, 0) is 12.1 Å². The summed E-state index contributed by atoms with van der Waals surface area (Å²) in [7, 11) is 0. The maximum atomic E-state index is 13.6. The lowest BCUT2D eigenvalue weighted by atomic mass is 10.1. The van der Waals surface area contributed by atoms with Gasteiger partial charge in [-0.1, -0.05) is 0 Å². The normalized spacial score (nSPS) is 30.2. The Morgan fingerprint density at radius 1 is 1.25 bits per heavy atom. The monoisotopic (exact) mass is 286 g/mol. The van der Waals surface area contributed by atoms with Gasteiger partial charge in [-0.2, -0.15) is 0 Å². The molecule has 1 aromatic heterocycles. The molecule has 8 heteroatoms. The molecule has 1 aromatic carbocycles. The molecule has 1 unspecified atom stereocenters. The van der Waals surface area contributed by atoms with Gasteiger partial charge in [0.1, 0.15) is 35.8 Å². The van der Waals surface area contributed by atoms with Crippen LogP contribution in [0.4, 0.5) is 8.78 Å². The van der Waals surface area contributed by atoms with Crippen molar-refractivity contribution in [3.63, 3.8) is 0 Å². The fraction of sp³-hybridized carbons (Fsp3) is 0.417. The number of ether oxygens (including phenoxy) is 1. The topological polar surface area (TPSA) is 98.6 Å². The van der Waals surface area contributed by atoms with Crippen molar-refractivity contribution in [1.82, 2.24) is 9.97 Å². The molecule has 2 heterocycles. The number of rotatable bonds is 2. The molecule has 1 aliphatic rings. The quantitative estimate of drug-likeness (QED) is 0.622. The first-order valence-corrected chi connectivity index (χ1v) is 5.99. The van der Waals surface area contributed by atoms with E-state index in [0.29, 0.717) is 0 Å². The van der Waals surface area contributed by atoms with E-state index in [1.54, 1.807) is 0 Å². The number of hydrogen-bond donors (Lipinski definition) is 4. The van der Waals surface area contributed by atoms with Crippen LogP contribution in [0.5, 0.6) is 0 Å². The Morgan fingerprint density at radius 2 is 2.00 bits per heavy atom. The third kappa shape index (κ3) is 1.88. The smallest absolute Gasteiger partial charge is 0.186 e. The fourth-order valence-corrected chi connectivity index (χ4v) is 2.30. The van der Waals surface area contributed by atoms with Crippen molar-refractivity contribution in [3.05, 3.63) is 29.6 Å². The lowest BCUT2D eigenvalue weighted by molar-refractivity contribution is -0.0249. The third-order valence-corrected chi connectivity index (χ3v) is 3.38. The molecule has 0 spiro atoms. The zero-order valence-electron chi connectivity index (χ0n) is 10.1. The number of hydrogen-bond acceptors (Lipinski definition) is 5. The van der Waals surface area contributed by atoms with Gasteiger partial charge in [-0.15, -0.1) is 0 Å². The van der Waals surface area contributed by atoms with Gasteiger partial charge in [0.15, 0.2) is 11.6 Å². The lowest BCUT2D eigenvalue weighted by Gasteiger charge is -2.11. The standard InChI is InChI=1S/C12H12F2N2O4/c13-4-1-2-5-8(7(4)14)16-12(15-5)11-10(19)9(18)6(3-17)20-11/h1-2,6,9-11,17-19H,3H2,(H,15,16)/t6-,9-,10-,11?/m1/s1. The number of H-pyrrole nitrogens is 1. The minimum atomic E-state index is -1.32. The maximum Gasteiger partial charge on any atom is 0.186 e. The molecule has 6 nitrogen and oxygen atoms in total. The Bertz CT molecular complexity index is 648. The molecule has 3 rings (SSSR count). The van der Waals surface area contributed by atoms with E-state index in [9.17, 15) is 19.0 Å². The van der Waals surface area contributed by atoms with E-state index in [1.807, 2.05) is 0 Å². The zero-order valence-corrected chi connectivity index (χ0v) is 10.1. The number of aromatic amines is 1. The number of aliphatic hydroxyl groups is 3. The number of fused-ring (bicyclic) bond motifs is 1. The van der Waals surface area contributed by atoms with Crippen molar-refractivity contribution in [2.24, 2.45) is 0 Å². The molecule has 0 saturated carbocycles. The minimum Gasteiger partial charge on any atom is -0.394 e. The molecule has 20 heavy (non-hydrogen) atoms. The summed E-state index contributed by atoms with van der Waals surface area (Å²) in [6.07, 6.45) is -4.60. The zero-order chi connectivity index (χ0) is 14.4. The summed E-state index contributed by atoms with van der Waals surface area (Å²) in [6.45, 7) is -0.474. The van der Waals surface area contributed by atoms with Crippen LogP contribution in [0.15, 0.2) is 12.1 Å². The number of imidazole rings is 1. The molecule has 0 radical (unpaired) electrons. The molecule has 108 valence electrons. The van der Waals surface area contributed by atoms with Gasteiger partial charge in [0.05, 0.1) is 12.1 Å². The minimum absolute atomic E-state index is 0.0620. The first-order chi connectivity index (χ1) is 9.52. The summed E-state index contributed by atoms with van der Waals surface area (Å²) in [5, 5.41) is 28.5. The van der Waals surface area contributed by atoms with Gasteiger partial charge < -0.3 is 25.0 Å². The van der Waals surface area contributed by atoms with Crippen molar-refractivity contribution in [2.75, 3.05) is 6.61 Å². The molecule has 0 bridgehead atoms. The van der Waals surface area contributed by atoms with Gasteiger partial charge in [0.2, 0.25) is 0 Å². The van der Waals surface area contributed by atoms with Crippen LogP contribution in [0.1, 0.15) is 11.9 Å². The maximum absolute atomic E-state index is 13.6. The first-order valence-electron chi connectivity index (χ1n) is 5.99. The number of halogens is 2. The fourth-order valence-electron chi connectivity index (χ4n) is 2.30. The SMILES string of the molecule is OC[C@H]1OC(c2nc3c(F)c(F)ccc3[nH]2)[C@H](O)[C@@H]1O. The van der Waals surface area contributed by atoms with Crippen molar-refractivity contribution >= 4 is 11.0 Å². The third-order valence-electron chi connectivity index (χ3n) is 3.38. The van der Waals surface area contributed by atoms with Crippen LogP contribution in [0.2, 0.25) is 0 Å². The Morgan fingerprint density at radius 3 is 2.65 bits per heavy atom. The highest BCUT2D eigenvalue weighted by Crippen LogP contribution is 2.33. The van der Waals surface area contributed by atoms with Gasteiger partial charge in [-0.3, -0.25) is 0 Å². The van der Waals surface area contributed by atoms with Gasteiger partial charge in [0, 0.05) is 0 Å². The second-order valence-corrected chi connectivity index (χ2v) is 4.64. The molecule has 0 aliphatic carbocycles. The first kappa shape index (κ1) is 13.4. The highest BCUT2D eigenvalue weighted by atomic mass is 19.2. The van der Waals surface area contributed by atoms with E-state index in [4.69, 9.17) is 9.84 Å². The van der Waals surface area contributed by atoms with Crippen LogP contribution in [0.3, 0.4) is 0 Å². The molecule has 1 aliphatic heterocycles. The molecule has 1 fully saturated rings. The molecule has 1 saturated heterocycles. The number of aromatic nitrogens is 2. The second kappa shape index (κ2) is 4.74. The molecular weight excluding hydrogens is 274 g/mol. The van der Waals surface area contributed by atoms with Gasteiger partial charge in [-0.25, -0.2) is 13.8 Å². The van der Waals surface area contributed by atoms with Crippen molar-refractivity contribution in [2.45, 2.75) is 24.4 Å². The van der Waals surface area contributed by atoms with Crippen LogP contribution >= 0.6 is 0 Å². The summed E-state index contributed by atoms with van der Waals surface area (Å²) >= 11 is 0. The van der Waals surface area contributed by atoms with Crippen LogP contribution in [-0.4, -0.2) is 50.2 Å². The Balaban J connectivity index is 2.01. The second-order valence-electron chi connectivity index (χ2n) is 4.64. The van der Waals surface area contributed by atoms with Crippen molar-refractivity contribution < 1.29 is 28.8 Å². The predicted molar refractivity (Wildman–Crippen MR) is 62.7 cm³/mol. The van der Waals surface area contributed by atoms with E-state index in [0.717, 1.165) is 6.07 Å². The highest BCUT2D eigenvalue weighted by molar-refractivity contribution is 5.75. The molecule has 4 N–H and O–H groups in total. The highest BCUT2D eigenvalue weighted by Gasteiger charge is 2.44. The largest absolute Gasteiger partial charge is 0.394 e. The van der Waals surface area contributed by atoms with E-state index >= 15 is 0 Å². The van der Waals surface area contributed by atoms with E-state index in [2.05, 4.69) is 9.97 Å². The van der Waals surface area contributed by atoms with Crippen molar-refractivity contribution in [3.8, 4) is 0 Å². The van der Waals surface area contributed by atoms with Crippen LogP contribution < -0.4 is 0 Å². The summed E-state index contributed by atoms with van der Waals surface area (Å²) < 4.78 is 31.9. The average Bonchev–Trinajstić information content (AvgIpc) is 2.98. The summed E-state index contributed by atoms with van der Waals surface area (Å²) in [5.74, 6) is -2.07. The molecule has 4 atom stereocenters. The summed E-state index contributed by atoms with van der Waals surface area (Å²) in [5.41, 5.74) is 0.0365. The number of benzene rings is 1. The Hall–Kier alpha value is -1.61. The van der Waals surface area contributed by atoms with Crippen molar-refractivity contribution in [1.29, 1.82) is 0 Å². The molecule has 2 aromatic rings. The van der Waals surface area contributed by atoms with E-state index in [-0.39, 0.29) is 16.9 Å². The Labute approximate surface area is 111 Å². The predicted octanol–water partition coefficient (Wildman–Crippen LogP) is -0.00490. The summed E-state index contributed by atoms with van der Waals surface area (Å²) in [6, 6.07) is 2.27. The molecule has 0 amide bonds. The number of aliphatic hydroxyl groups excluding tert-OH is 3. The Kier molecular flexibility index (Phi) is 3.17.